The maximum atomic E-state index is 9.92. The van der Waals surface area contributed by atoms with Crippen molar-refractivity contribution in [2.75, 3.05) is 0 Å². The molecule has 0 rings (SSSR count). The van der Waals surface area contributed by atoms with Crippen LogP contribution in [0.15, 0.2) is 0 Å². The summed E-state index contributed by atoms with van der Waals surface area (Å²) in [5.74, 6) is 0. The molecule has 0 aromatic heterocycles. The van der Waals surface area contributed by atoms with E-state index in [1.165, 1.54) is 0 Å². The van der Waals surface area contributed by atoms with Gasteiger partial charge in [0.1, 0.15) is 0 Å². The molecule has 0 aliphatic rings. The standard InChI is InChI=1S/12CN.Fe.3K/c12*1-2;;;;/q;;;;;;;;;;;;-3;3*+1. The summed E-state index contributed by atoms with van der Waals surface area (Å²) in [5, 5.41) is 119. The van der Waals surface area contributed by atoms with Crippen molar-refractivity contribution in [3.05, 3.63) is 0 Å². The average molecular weight is 485 g/mol. The minimum atomic E-state index is -14.2. The van der Waals surface area contributed by atoms with Crippen LogP contribution in [-0.4, -0.2) is 0 Å². The molecule has 0 bridgehead atoms. The van der Waals surface area contributed by atoms with Gasteiger partial charge >= 0.3 is 281 Å². The van der Waals surface area contributed by atoms with E-state index in [4.69, 9.17) is 0 Å². The summed E-state index contributed by atoms with van der Waals surface area (Å²) in [7, 11) is 0. The van der Waals surface area contributed by atoms with Crippen LogP contribution in [-0.2, 0) is 4.40 Å². The molecule has 0 saturated heterocycles. The zero-order valence-electron chi connectivity index (χ0n) is 14.7. The molecule has 0 radical (unpaired) electrons. The van der Waals surface area contributed by atoms with Crippen molar-refractivity contribution in [1.29, 1.82) is 63.1 Å². The first kappa shape index (κ1) is 34.8. The first-order chi connectivity index (χ1) is 10.9. The molecule has 16 heteroatoms. The largest absolute Gasteiger partial charge is 1.00 e. The number of hydrogen-bond acceptors (Lipinski definition) is 12. The Bertz CT molecular complexity index is 1230. The topological polar surface area (TPSA) is 285 Å². The van der Waals surface area contributed by atoms with Gasteiger partial charge in [0, 0.05) is 0 Å². The zero-order chi connectivity index (χ0) is 20.8. The minimum Gasteiger partial charge on any atom is 1.00 e. The maximum Gasteiger partial charge on any atom is 1.00 e. The normalized spacial score (nSPS) is 22.7. The molecule has 0 aliphatic carbocycles. The van der Waals surface area contributed by atoms with Gasteiger partial charge in [0.25, 0.3) is 0 Å². The molecule has 0 spiro atoms. The maximum absolute atomic E-state index is 14.2. The van der Waals surface area contributed by atoms with E-state index in [0.717, 1.165) is 0 Å². The van der Waals surface area contributed by atoms with Gasteiger partial charge in [0.2, 0.25) is 0 Å². The summed E-state index contributed by atoms with van der Waals surface area (Å²) in [5.41, 5.74) is 0. The molecule has 0 N–H and O–H groups in total. The molecule has 28 heavy (non-hydrogen) atoms. The van der Waals surface area contributed by atoms with E-state index in [-0.39, 0.29) is 214 Å². The van der Waals surface area contributed by atoms with Crippen LogP contribution in [0.25, 0.3) is 0 Å². The van der Waals surface area contributed by atoms with Crippen LogP contribution < -0.4 is 154 Å². The molecular weight excluding hydrogens is 485 g/mol. The Morgan fingerprint density at radius 3 is 0.321 bits per heavy atom. The molecule has 0 saturated carbocycles. The number of nitriles is 12. The van der Waals surface area contributed by atoms with E-state index in [1.807, 2.05) is 0 Å². The van der Waals surface area contributed by atoms with Crippen LogP contribution in [0.1, 0.15) is 0 Å². The third-order valence-electron chi connectivity index (χ3n) is 5.22. The predicted octanol–water partition coefficient (Wildman–Crippen LogP) is -8.79. The van der Waals surface area contributed by atoms with Crippen LogP contribution in [0.5, 0.6) is 0 Å². The SMILES string of the molecule is N#[C][Fe-3]([C]#N)([C]#N)([C]#N)([C]#N)([C]#N)([C]#N)([C]#N)([C]#N)([C]#N)([C]#N)[C]#N.[K+].[K+].[K+]. The van der Waals surface area contributed by atoms with Gasteiger partial charge in [-0.15, -0.1) is 0 Å². The van der Waals surface area contributed by atoms with Crippen molar-refractivity contribution < 1.29 is 159 Å². The van der Waals surface area contributed by atoms with E-state index in [1.54, 1.807) is 0 Å². The van der Waals surface area contributed by atoms with Crippen LogP contribution in [0, 0.1) is 123 Å². The summed E-state index contributed by atoms with van der Waals surface area (Å²) in [6.07, 6.45) is 0. The van der Waals surface area contributed by atoms with Crippen molar-refractivity contribution in [1.82, 2.24) is 0 Å². The van der Waals surface area contributed by atoms with Crippen molar-refractivity contribution in [2.24, 2.45) is 0 Å². The van der Waals surface area contributed by atoms with Gasteiger partial charge in [-0.1, -0.05) is 0 Å². The van der Waals surface area contributed by atoms with Gasteiger partial charge in [-0.25, -0.2) is 0 Å². The first-order valence-corrected chi connectivity index (χ1v) is 11.4. The van der Waals surface area contributed by atoms with Gasteiger partial charge in [0.05, 0.1) is 0 Å². The molecule has 0 fully saturated rings. The van der Waals surface area contributed by atoms with Crippen LogP contribution in [0.2, 0.25) is 0 Å². The smallest absolute Gasteiger partial charge is 1.00 e. The third-order valence-corrected chi connectivity index (χ3v) is 21.5. The fourth-order valence-electron chi connectivity index (χ4n) is 1.17. The summed E-state index contributed by atoms with van der Waals surface area (Å²) in [6.45, 7) is 0. The third kappa shape index (κ3) is 0.867. The summed E-state index contributed by atoms with van der Waals surface area (Å²) in [4.78, 5) is -2.62. The summed E-state index contributed by atoms with van der Waals surface area (Å²) in [6, 6.07) is 0. The van der Waals surface area contributed by atoms with E-state index < -0.39 is 4.40 Å². The van der Waals surface area contributed by atoms with Crippen molar-refractivity contribution in [2.45, 2.75) is 0 Å². The molecule has 0 unspecified atom stereocenters. The van der Waals surface area contributed by atoms with Crippen molar-refractivity contribution in [3.8, 4) is 59.6 Å². The Kier molecular flexibility index (Phi) is 3.50. The fourth-order valence-corrected chi connectivity index (χ4v) is 4.81. The quantitative estimate of drug-likeness (QED) is 0.289. The van der Waals surface area contributed by atoms with E-state index in [9.17, 15) is 63.1 Å². The van der Waals surface area contributed by atoms with Crippen molar-refractivity contribution in [3.63, 3.8) is 0 Å². The second-order valence-corrected chi connectivity index (χ2v) is 28.0. The first-order valence-electron chi connectivity index (χ1n) is 4.80. The van der Waals surface area contributed by atoms with E-state index in [2.05, 4.69) is 0 Å². The van der Waals surface area contributed by atoms with Crippen LogP contribution >= 0.6 is 0 Å². The molecule has 0 aromatic carbocycles. The fraction of sp³-hybridized carbons (Fsp3) is 0. The Balaban J connectivity index is -0.000000960. The molecule has 0 amide bonds. The van der Waals surface area contributed by atoms with Gasteiger partial charge in [0.15, 0.2) is 0 Å². The summed E-state index contributed by atoms with van der Waals surface area (Å²) >= 11 is 0. The average Bonchev–Trinajstić information content (AvgIpc) is 2.79. The minimum absolute atomic E-state index is 0. The second-order valence-electron chi connectivity index (χ2n) is 6.78. The van der Waals surface area contributed by atoms with Crippen LogP contribution in [0.3, 0.4) is 0 Å². The Hall–Kier alpha value is -0.691. The zero-order valence-corrected chi connectivity index (χ0v) is 25.2. The summed E-state index contributed by atoms with van der Waals surface area (Å²) < 4.78 is -14.2. The Labute approximate surface area is 274 Å². The Morgan fingerprint density at radius 1 is 0.250 bits per heavy atom. The van der Waals surface area contributed by atoms with E-state index in [0.29, 0.717) is 0 Å². The predicted molar refractivity (Wildman–Crippen MR) is 67.4 cm³/mol. The number of nitrogens with zero attached hydrogens (tertiary/aromatic N) is 12. The molecular formula is C12FeK3N12. The molecule has 0 aliphatic heterocycles. The van der Waals surface area contributed by atoms with Gasteiger partial charge in [-0.05, 0) is 0 Å². The molecule has 0 heterocycles. The van der Waals surface area contributed by atoms with Gasteiger partial charge < -0.3 is 0 Å². The van der Waals surface area contributed by atoms with Gasteiger partial charge in [-0.2, -0.15) is 0 Å². The molecule has 0 atom stereocenters. The molecule has 0 aromatic rings. The van der Waals surface area contributed by atoms with Crippen LogP contribution in [0.4, 0.5) is 0 Å². The monoisotopic (exact) mass is 485 g/mol. The molecule has 12 nitrogen and oxygen atoms in total. The van der Waals surface area contributed by atoms with E-state index >= 15 is 0 Å². The van der Waals surface area contributed by atoms with Crippen molar-refractivity contribution >= 4 is 0 Å². The number of hydrogen-bond donors (Lipinski definition) is 0. The number of rotatable bonds is 0. The molecule has 119 valence electrons. The second kappa shape index (κ2) is 2.82. The van der Waals surface area contributed by atoms with Gasteiger partial charge in [-0.3, -0.25) is 0 Å². The Morgan fingerprint density at radius 2 is 0.321 bits per heavy atom.